The molecule has 0 aliphatic carbocycles. The van der Waals surface area contributed by atoms with Gasteiger partial charge in [-0.25, -0.2) is 4.79 Å². The van der Waals surface area contributed by atoms with Crippen molar-refractivity contribution < 1.29 is 9.90 Å². The number of aryl methyl sites for hydroxylation is 1. The summed E-state index contributed by atoms with van der Waals surface area (Å²) in [7, 11) is 0. The summed E-state index contributed by atoms with van der Waals surface area (Å²) >= 11 is 3.36. The van der Waals surface area contributed by atoms with Crippen molar-refractivity contribution in [3.8, 4) is 0 Å². The van der Waals surface area contributed by atoms with Crippen LogP contribution < -0.4 is 0 Å². The zero-order chi connectivity index (χ0) is 10.0. The van der Waals surface area contributed by atoms with Crippen molar-refractivity contribution in [1.82, 2.24) is 0 Å². The van der Waals surface area contributed by atoms with Crippen molar-refractivity contribution in [1.29, 1.82) is 0 Å². The Morgan fingerprint density at radius 1 is 1.54 bits per heavy atom. The fraction of sp³-hybridized carbons (Fsp3) is 0.300. The van der Waals surface area contributed by atoms with Gasteiger partial charge in [-0.3, -0.25) is 0 Å². The fourth-order valence-electron chi connectivity index (χ4n) is 1.20. The second kappa shape index (κ2) is 3.92. The van der Waals surface area contributed by atoms with Crippen molar-refractivity contribution in [2.45, 2.75) is 18.7 Å². The summed E-state index contributed by atoms with van der Waals surface area (Å²) in [5.74, 6) is -0.870. The second-order valence-electron chi connectivity index (χ2n) is 3.01. The highest BCUT2D eigenvalue weighted by molar-refractivity contribution is 9.09. The van der Waals surface area contributed by atoms with E-state index < -0.39 is 5.97 Å². The molecular formula is C10H11BrO2. The molecule has 1 aromatic carbocycles. The summed E-state index contributed by atoms with van der Waals surface area (Å²) in [6.07, 6.45) is 0. The first-order valence-corrected chi connectivity index (χ1v) is 4.92. The van der Waals surface area contributed by atoms with E-state index in [2.05, 4.69) is 15.9 Å². The summed E-state index contributed by atoms with van der Waals surface area (Å²) in [5.41, 5.74) is 2.16. The molecule has 0 aliphatic rings. The van der Waals surface area contributed by atoms with Gasteiger partial charge in [0.1, 0.15) is 0 Å². The quantitative estimate of drug-likeness (QED) is 0.810. The van der Waals surface area contributed by atoms with Gasteiger partial charge in [0.15, 0.2) is 0 Å². The van der Waals surface area contributed by atoms with E-state index in [1.165, 1.54) is 0 Å². The van der Waals surface area contributed by atoms with Gasteiger partial charge < -0.3 is 5.11 Å². The topological polar surface area (TPSA) is 37.3 Å². The predicted molar refractivity (Wildman–Crippen MR) is 55.5 cm³/mol. The van der Waals surface area contributed by atoms with Gasteiger partial charge in [0.25, 0.3) is 0 Å². The molecule has 0 amide bonds. The van der Waals surface area contributed by atoms with Crippen molar-refractivity contribution >= 4 is 21.9 Å². The molecule has 0 spiro atoms. The van der Waals surface area contributed by atoms with E-state index in [1.54, 1.807) is 6.07 Å². The van der Waals surface area contributed by atoms with Crippen LogP contribution in [-0.4, -0.2) is 11.1 Å². The molecule has 1 N–H and O–H groups in total. The van der Waals surface area contributed by atoms with E-state index in [4.69, 9.17) is 5.11 Å². The molecule has 0 saturated heterocycles. The highest BCUT2D eigenvalue weighted by Gasteiger charge is 2.12. The molecular weight excluding hydrogens is 232 g/mol. The first-order valence-electron chi connectivity index (χ1n) is 4.00. The Bertz CT molecular complexity index is 332. The van der Waals surface area contributed by atoms with Gasteiger partial charge in [-0.15, -0.1) is 0 Å². The standard InChI is InChI=1S/C10H11BrO2/c1-6-3-4-8(7(2)11)9(5-6)10(12)13/h3-5,7H,1-2H3,(H,12,13). The van der Waals surface area contributed by atoms with Gasteiger partial charge in [0.05, 0.1) is 5.56 Å². The first-order chi connectivity index (χ1) is 6.02. The van der Waals surface area contributed by atoms with Crippen LogP contribution in [0.5, 0.6) is 0 Å². The third-order valence-electron chi connectivity index (χ3n) is 1.87. The van der Waals surface area contributed by atoms with Gasteiger partial charge in [-0.05, 0) is 25.5 Å². The molecule has 70 valence electrons. The Morgan fingerprint density at radius 3 is 2.62 bits per heavy atom. The largest absolute Gasteiger partial charge is 0.478 e. The van der Waals surface area contributed by atoms with Gasteiger partial charge in [-0.1, -0.05) is 33.6 Å². The smallest absolute Gasteiger partial charge is 0.336 e. The molecule has 0 radical (unpaired) electrons. The maximum Gasteiger partial charge on any atom is 0.336 e. The van der Waals surface area contributed by atoms with E-state index in [1.807, 2.05) is 26.0 Å². The van der Waals surface area contributed by atoms with E-state index >= 15 is 0 Å². The average Bonchev–Trinajstić information content (AvgIpc) is 2.03. The zero-order valence-electron chi connectivity index (χ0n) is 7.54. The number of benzene rings is 1. The number of aromatic carboxylic acids is 1. The minimum absolute atomic E-state index is 0.0687. The lowest BCUT2D eigenvalue weighted by molar-refractivity contribution is 0.0695. The lowest BCUT2D eigenvalue weighted by Gasteiger charge is -2.08. The molecule has 3 heteroatoms. The lowest BCUT2D eigenvalue weighted by Crippen LogP contribution is -2.03. The molecule has 1 rings (SSSR count). The maximum atomic E-state index is 10.9. The number of carboxylic acids is 1. The van der Waals surface area contributed by atoms with Crippen LogP contribution >= 0.6 is 15.9 Å². The van der Waals surface area contributed by atoms with Crippen LogP contribution in [0.15, 0.2) is 18.2 Å². The predicted octanol–water partition coefficient (Wildman–Crippen LogP) is 3.15. The number of rotatable bonds is 2. The molecule has 0 fully saturated rings. The van der Waals surface area contributed by atoms with Crippen LogP contribution in [0.2, 0.25) is 0 Å². The third-order valence-corrected chi connectivity index (χ3v) is 2.36. The monoisotopic (exact) mass is 242 g/mol. The molecule has 1 unspecified atom stereocenters. The van der Waals surface area contributed by atoms with Crippen LogP contribution in [0.3, 0.4) is 0 Å². The number of halogens is 1. The maximum absolute atomic E-state index is 10.9. The van der Waals surface area contributed by atoms with Crippen molar-refractivity contribution in [3.63, 3.8) is 0 Å². The van der Waals surface area contributed by atoms with E-state index in [-0.39, 0.29) is 4.83 Å². The molecule has 1 aromatic rings. The van der Waals surface area contributed by atoms with E-state index in [0.717, 1.165) is 11.1 Å². The molecule has 0 bridgehead atoms. The van der Waals surface area contributed by atoms with Crippen LogP contribution in [0.1, 0.15) is 33.2 Å². The Kier molecular flexibility index (Phi) is 3.09. The van der Waals surface area contributed by atoms with Crippen molar-refractivity contribution in [2.24, 2.45) is 0 Å². The molecule has 2 nitrogen and oxygen atoms in total. The summed E-state index contributed by atoms with van der Waals surface area (Å²) < 4.78 is 0. The highest BCUT2D eigenvalue weighted by Crippen LogP contribution is 2.25. The Labute approximate surface area is 85.7 Å². The summed E-state index contributed by atoms with van der Waals surface area (Å²) in [5, 5.41) is 8.92. The number of carboxylic acid groups (broad SMARTS) is 1. The van der Waals surface area contributed by atoms with Gasteiger partial charge >= 0.3 is 5.97 Å². The number of carbonyl (C=O) groups is 1. The molecule has 0 aromatic heterocycles. The summed E-state index contributed by atoms with van der Waals surface area (Å²) in [6, 6.07) is 5.45. The van der Waals surface area contributed by atoms with Crippen LogP contribution in [0.25, 0.3) is 0 Å². The van der Waals surface area contributed by atoms with E-state index in [9.17, 15) is 4.79 Å². The van der Waals surface area contributed by atoms with Crippen LogP contribution in [0, 0.1) is 6.92 Å². The Morgan fingerprint density at radius 2 is 2.15 bits per heavy atom. The van der Waals surface area contributed by atoms with Gasteiger partial charge in [-0.2, -0.15) is 0 Å². The number of hydrogen-bond donors (Lipinski definition) is 1. The molecule has 0 heterocycles. The Balaban J connectivity index is 3.27. The normalized spacial score (nSPS) is 12.5. The third kappa shape index (κ3) is 2.31. The Hall–Kier alpha value is -0.830. The number of alkyl halides is 1. The summed E-state index contributed by atoms with van der Waals surface area (Å²) in [4.78, 5) is 10.9. The molecule has 0 saturated carbocycles. The first kappa shape index (κ1) is 10.3. The SMILES string of the molecule is Cc1ccc(C(C)Br)c(C(=O)O)c1. The lowest BCUT2D eigenvalue weighted by atomic mass is 10.0. The van der Waals surface area contributed by atoms with Gasteiger partial charge in [0.2, 0.25) is 0 Å². The molecule has 1 atom stereocenters. The number of hydrogen-bond acceptors (Lipinski definition) is 1. The van der Waals surface area contributed by atoms with Crippen LogP contribution in [0.4, 0.5) is 0 Å². The zero-order valence-corrected chi connectivity index (χ0v) is 9.13. The van der Waals surface area contributed by atoms with Gasteiger partial charge in [0, 0.05) is 4.83 Å². The molecule has 0 aliphatic heterocycles. The van der Waals surface area contributed by atoms with E-state index in [0.29, 0.717) is 5.56 Å². The van der Waals surface area contributed by atoms with Crippen LogP contribution in [-0.2, 0) is 0 Å². The van der Waals surface area contributed by atoms with Crippen molar-refractivity contribution in [2.75, 3.05) is 0 Å². The second-order valence-corrected chi connectivity index (χ2v) is 4.39. The minimum Gasteiger partial charge on any atom is -0.478 e. The fourth-order valence-corrected chi connectivity index (χ4v) is 1.60. The average molecular weight is 243 g/mol. The molecule has 13 heavy (non-hydrogen) atoms. The summed E-state index contributed by atoms with van der Waals surface area (Å²) in [6.45, 7) is 3.80. The van der Waals surface area contributed by atoms with Crippen molar-refractivity contribution in [3.05, 3.63) is 34.9 Å². The minimum atomic E-state index is -0.870. The highest BCUT2D eigenvalue weighted by atomic mass is 79.9.